The van der Waals surface area contributed by atoms with E-state index in [0.29, 0.717) is 12.8 Å². The summed E-state index contributed by atoms with van der Waals surface area (Å²) in [6.07, 6.45) is -0.0982. The average molecular weight is 132 g/mol. The van der Waals surface area contributed by atoms with E-state index >= 15 is 0 Å². The van der Waals surface area contributed by atoms with Crippen LogP contribution in [0, 0.1) is 0 Å². The second-order valence-corrected chi connectivity index (χ2v) is 2.05. The van der Waals surface area contributed by atoms with Crippen molar-refractivity contribution in [3.8, 4) is 0 Å². The molecule has 0 aromatic rings. The van der Waals surface area contributed by atoms with Gasteiger partial charge in [0.25, 0.3) is 0 Å². The SMILES string of the molecule is C[C@@H](O)[C@H](O)CCC=O. The van der Waals surface area contributed by atoms with Crippen molar-refractivity contribution in [2.24, 2.45) is 0 Å². The van der Waals surface area contributed by atoms with E-state index in [-0.39, 0.29) is 0 Å². The molecule has 0 fully saturated rings. The topological polar surface area (TPSA) is 57.5 Å². The van der Waals surface area contributed by atoms with Gasteiger partial charge in [0, 0.05) is 6.42 Å². The molecule has 0 amide bonds. The molecule has 9 heavy (non-hydrogen) atoms. The molecule has 0 spiro atoms. The molecule has 0 aliphatic carbocycles. The molecule has 0 saturated carbocycles. The largest absolute Gasteiger partial charge is 0.391 e. The summed E-state index contributed by atoms with van der Waals surface area (Å²) in [6, 6.07) is 0. The van der Waals surface area contributed by atoms with Crippen LogP contribution >= 0.6 is 0 Å². The highest BCUT2D eigenvalue weighted by Gasteiger charge is 2.08. The van der Waals surface area contributed by atoms with Gasteiger partial charge in [-0.2, -0.15) is 0 Å². The summed E-state index contributed by atoms with van der Waals surface area (Å²) < 4.78 is 0. The van der Waals surface area contributed by atoms with E-state index in [1.54, 1.807) is 0 Å². The Hall–Kier alpha value is -0.410. The van der Waals surface area contributed by atoms with Crippen LogP contribution in [0.5, 0.6) is 0 Å². The molecule has 2 atom stereocenters. The lowest BCUT2D eigenvalue weighted by atomic mass is 10.1. The predicted octanol–water partition coefficient (Wildman–Crippen LogP) is -0.293. The van der Waals surface area contributed by atoms with Gasteiger partial charge in [-0.05, 0) is 13.3 Å². The van der Waals surface area contributed by atoms with Crippen molar-refractivity contribution < 1.29 is 15.0 Å². The smallest absolute Gasteiger partial charge is 0.120 e. The van der Waals surface area contributed by atoms with Crippen molar-refractivity contribution in [2.45, 2.75) is 32.0 Å². The standard InChI is InChI=1S/C6H12O3/c1-5(8)6(9)3-2-4-7/h4-6,8-9H,2-3H2,1H3/t5-,6-/m1/s1. The van der Waals surface area contributed by atoms with E-state index in [4.69, 9.17) is 10.2 Å². The molecular weight excluding hydrogens is 120 g/mol. The van der Waals surface area contributed by atoms with Gasteiger partial charge in [-0.1, -0.05) is 0 Å². The Morgan fingerprint density at radius 1 is 1.56 bits per heavy atom. The number of hydrogen-bond donors (Lipinski definition) is 2. The third-order valence-corrected chi connectivity index (χ3v) is 1.14. The van der Waals surface area contributed by atoms with E-state index in [1.165, 1.54) is 6.92 Å². The molecule has 0 bridgehead atoms. The second kappa shape index (κ2) is 4.47. The number of hydrogen-bond acceptors (Lipinski definition) is 3. The van der Waals surface area contributed by atoms with Crippen molar-refractivity contribution in [3.05, 3.63) is 0 Å². The number of rotatable bonds is 4. The highest BCUT2D eigenvalue weighted by Crippen LogP contribution is 1.99. The lowest BCUT2D eigenvalue weighted by molar-refractivity contribution is -0.108. The molecule has 0 aromatic heterocycles. The van der Waals surface area contributed by atoms with Gasteiger partial charge in [-0.15, -0.1) is 0 Å². The van der Waals surface area contributed by atoms with Gasteiger partial charge < -0.3 is 15.0 Å². The number of aliphatic hydroxyl groups is 2. The Balaban J connectivity index is 3.26. The number of aldehydes is 1. The van der Waals surface area contributed by atoms with E-state index < -0.39 is 12.2 Å². The monoisotopic (exact) mass is 132 g/mol. The summed E-state index contributed by atoms with van der Waals surface area (Å²) in [5.41, 5.74) is 0. The minimum absolute atomic E-state index is 0.312. The Bertz CT molecular complexity index is 80.4. The number of aliphatic hydroxyl groups excluding tert-OH is 2. The Morgan fingerprint density at radius 2 is 2.11 bits per heavy atom. The predicted molar refractivity (Wildman–Crippen MR) is 33.0 cm³/mol. The van der Waals surface area contributed by atoms with E-state index in [9.17, 15) is 4.79 Å². The van der Waals surface area contributed by atoms with Crippen LogP contribution in [0.3, 0.4) is 0 Å². The zero-order valence-electron chi connectivity index (χ0n) is 5.45. The van der Waals surface area contributed by atoms with Gasteiger partial charge in [-0.25, -0.2) is 0 Å². The fraction of sp³-hybridized carbons (Fsp3) is 0.833. The second-order valence-electron chi connectivity index (χ2n) is 2.05. The van der Waals surface area contributed by atoms with Gasteiger partial charge in [0.05, 0.1) is 12.2 Å². The summed E-state index contributed by atoms with van der Waals surface area (Å²) >= 11 is 0. The van der Waals surface area contributed by atoms with Crippen LogP contribution in [0.15, 0.2) is 0 Å². The van der Waals surface area contributed by atoms with Gasteiger partial charge in [-0.3, -0.25) is 0 Å². The highest BCUT2D eigenvalue weighted by molar-refractivity contribution is 5.49. The Kier molecular flexibility index (Phi) is 4.26. The quantitative estimate of drug-likeness (QED) is 0.517. The summed E-state index contributed by atoms with van der Waals surface area (Å²) in [7, 11) is 0. The van der Waals surface area contributed by atoms with E-state index in [0.717, 1.165) is 6.29 Å². The van der Waals surface area contributed by atoms with Gasteiger partial charge in [0.15, 0.2) is 0 Å². The van der Waals surface area contributed by atoms with Crippen molar-refractivity contribution >= 4 is 6.29 Å². The molecule has 2 N–H and O–H groups in total. The zero-order valence-corrected chi connectivity index (χ0v) is 5.45. The molecule has 0 radical (unpaired) electrons. The fourth-order valence-electron chi connectivity index (χ4n) is 0.480. The molecule has 0 aromatic carbocycles. The normalized spacial score (nSPS) is 16.8. The summed E-state index contributed by atoms with van der Waals surface area (Å²) in [5, 5.41) is 17.5. The first kappa shape index (κ1) is 8.59. The lowest BCUT2D eigenvalue weighted by Crippen LogP contribution is -2.22. The maximum atomic E-state index is 9.74. The molecule has 0 aliphatic rings. The summed E-state index contributed by atoms with van der Waals surface area (Å²) in [4.78, 5) is 9.74. The third kappa shape index (κ3) is 4.12. The first-order valence-electron chi connectivity index (χ1n) is 2.98. The average Bonchev–Trinajstić information content (AvgIpc) is 1.82. The molecule has 0 heterocycles. The first-order chi connectivity index (χ1) is 4.18. The van der Waals surface area contributed by atoms with Gasteiger partial charge >= 0.3 is 0 Å². The molecule has 54 valence electrons. The van der Waals surface area contributed by atoms with Crippen molar-refractivity contribution in [1.29, 1.82) is 0 Å². The van der Waals surface area contributed by atoms with Gasteiger partial charge in [0.1, 0.15) is 6.29 Å². The molecule has 3 nitrogen and oxygen atoms in total. The van der Waals surface area contributed by atoms with Gasteiger partial charge in [0.2, 0.25) is 0 Å². The van der Waals surface area contributed by atoms with Crippen LogP contribution in [-0.4, -0.2) is 28.7 Å². The molecule has 0 saturated heterocycles. The number of carbonyl (C=O) groups is 1. The molecule has 0 rings (SSSR count). The van der Waals surface area contributed by atoms with Crippen LogP contribution in [-0.2, 0) is 4.79 Å². The molecule has 0 aliphatic heterocycles. The van der Waals surface area contributed by atoms with E-state index in [2.05, 4.69) is 0 Å². The third-order valence-electron chi connectivity index (χ3n) is 1.14. The van der Waals surface area contributed by atoms with Crippen molar-refractivity contribution in [1.82, 2.24) is 0 Å². The summed E-state index contributed by atoms with van der Waals surface area (Å²) in [6.45, 7) is 1.50. The van der Waals surface area contributed by atoms with Crippen molar-refractivity contribution in [3.63, 3.8) is 0 Å². The van der Waals surface area contributed by atoms with Crippen LogP contribution in [0.2, 0.25) is 0 Å². The minimum Gasteiger partial charge on any atom is -0.391 e. The molecule has 3 heteroatoms. The first-order valence-corrected chi connectivity index (χ1v) is 2.98. The summed E-state index contributed by atoms with van der Waals surface area (Å²) in [5.74, 6) is 0. The van der Waals surface area contributed by atoms with Crippen LogP contribution in [0.25, 0.3) is 0 Å². The Morgan fingerprint density at radius 3 is 2.44 bits per heavy atom. The highest BCUT2D eigenvalue weighted by atomic mass is 16.3. The van der Waals surface area contributed by atoms with Crippen LogP contribution in [0.4, 0.5) is 0 Å². The minimum atomic E-state index is -0.754. The lowest BCUT2D eigenvalue weighted by Gasteiger charge is -2.10. The molecular formula is C6H12O3. The van der Waals surface area contributed by atoms with Crippen LogP contribution < -0.4 is 0 Å². The zero-order chi connectivity index (χ0) is 7.28. The Labute approximate surface area is 54.3 Å². The number of carbonyl (C=O) groups excluding carboxylic acids is 1. The maximum Gasteiger partial charge on any atom is 0.120 e. The van der Waals surface area contributed by atoms with Crippen LogP contribution in [0.1, 0.15) is 19.8 Å². The molecule has 0 unspecified atom stereocenters. The fourth-order valence-corrected chi connectivity index (χ4v) is 0.480. The maximum absolute atomic E-state index is 9.74. The van der Waals surface area contributed by atoms with E-state index in [1.807, 2.05) is 0 Å². The van der Waals surface area contributed by atoms with Crippen molar-refractivity contribution in [2.75, 3.05) is 0 Å².